The Kier molecular flexibility index (Phi) is 10.7. The van der Waals surface area contributed by atoms with Gasteiger partial charge in [-0.2, -0.15) is 0 Å². The summed E-state index contributed by atoms with van der Waals surface area (Å²) in [6.45, 7) is 8.02. The lowest BCUT2D eigenvalue weighted by Crippen LogP contribution is -2.44. The minimum atomic E-state index is 0. The summed E-state index contributed by atoms with van der Waals surface area (Å²) in [6.07, 6.45) is 7.61. The minimum absolute atomic E-state index is 0. The molecular formula is C23H39IN4O. The zero-order valence-corrected chi connectivity index (χ0v) is 20.5. The molecule has 1 atom stereocenters. The van der Waals surface area contributed by atoms with Gasteiger partial charge in [0.2, 0.25) is 0 Å². The number of hydrogen-bond donors (Lipinski definition) is 2. The molecule has 0 amide bonds. The highest BCUT2D eigenvalue weighted by Gasteiger charge is 2.36. The average molecular weight is 514 g/mol. The van der Waals surface area contributed by atoms with Gasteiger partial charge in [-0.15, -0.1) is 24.0 Å². The molecule has 3 rings (SSSR count). The van der Waals surface area contributed by atoms with Gasteiger partial charge in [0, 0.05) is 33.4 Å². The number of nitrogens with one attached hydrogen (secondary N) is 2. The summed E-state index contributed by atoms with van der Waals surface area (Å²) in [7, 11) is 1.79. The van der Waals surface area contributed by atoms with Crippen LogP contribution in [0.4, 0.5) is 0 Å². The van der Waals surface area contributed by atoms with Gasteiger partial charge in [0.25, 0.3) is 0 Å². The number of hydrogen-bond acceptors (Lipinski definition) is 3. The fraction of sp³-hybridized carbons (Fsp3) is 0.696. The van der Waals surface area contributed by atoms with Crippen molar-refractivity contribution in [3.8, 4) is 0 Å². The van der Waals surface area contributed by atoms with E-state index in [1.165, 1.54) is 50.8 Å². The summed E-state index contributed by atoms with van der Waals surface area (Å²) in [5.74, 6) is 0.950. The van der Waals surface area contributed by atoms with Gasteiger partial charge >= 0.3 is 0 Å². The predicted octanol–water partition coefficient (Wildman–Crippen LogP) is 4.20. The third-order valence-corrected chi connectivity index (χ3v) is 6.40. The number of methoxy groups -OCH3 is 1. The van der Waals surface area contributed by atoms with Gasteiger partial charge in [0.1, 0.15) is 0 Å². The van der Waals surface area contributed by atoms with Crippen LogP contribution in [0.1, 0.15) is 57.1 Å². The molecule has 6 heteroatoms. The largest absolute Gasteiger partial charge is 0.385 e. The van der Waals surface area contributed by atoms with Crippen LogP contribution >= 0.6 is 24.0 Å². The first-order valence-corrected chi connectivity index (χ1v) is 11.1. The van der Waals surface area contributed by atoms with E-state index in [-0.39, 0.29) is 24.0 Å². The van der Waals surface area contributed by atoms with E-state index in [1.807, 2.05) is 0 Å². The summed E-state index contributed by atoms with van der Waals surface area (Å²) >= 11 is 0. The number of nitrogens with zero attached hydrogens (tertiary/aromatic N) is 2. The minimum Gasteiger partial charge on any atom is -0.385 e. The second-order valence-corrected chi connectivity index (χ2v) is 8.34. The molecule has 29 heavy (non-hydrogen) atoms. The van der Waals surface area contributed by atoms with E-state index in [0.717, 1.165) is 38.6 Å². The van der Waals surface area contributed by atoms with Gasteiger partial charge in [-0.3, -0.25) is 9.89 Å². The predicted molar refractivity (Wildman–Crippen MR) is 132 cm³/mol. The second kappa shape index (κ2) is 12.7. The van der Waals surface area contributed by atoms with Gasteiger partial charge in [-0.1, -0.05) is 36.8 Å². The normalized spacial score (nSPS) is 19.9. The van der Waals surface area contributed by atoms with Crippen LogP contribution in [0.2, 0.25) is 0 Å². The molecule has 1 saturated heterocycles. The molecule has 0 bridgehead atoms. The van der Waals surface area contributed by atoms with Gasteiger partial charge in [0.15, 0.2) is 5.96 Å². The third-order valence-electron chi connectivity index (χ3n) is 6.40. The number of halogens is 1. The zero-order valence-electron chi connectivity index (χ0n) is 18.2. The van der Waals surface area contributed by atoms with Crippen LogP contribution in [0.25, 0.3) is 0 Å². The smallest absolute Gasteiger partial charge is 0.191 e. The Hall–Kier alpha value is -0.860. The maximum absolute atomic E-state index is 5.33. The Morgan fingerprint density at radius 2 is 1.86 bits per heavy atom. The van der Waals surface area contributed by atoms with Crippen molar-refractivity contribution in [3.05, 3.63) is 35.9 Å². The molecule has 0 aromatic heterocycles. The highest BCUT2D eigenvalue weighted by Crippen LogP contribution is 2.44. The van der Waals surface area contributed by atoms with Crippen molar-refractivity contribution in [2.45, 2.75) is 51.5 Å². The summed E-state index contributed by atoms with van der Waals surface area (Å²) in [4.78, 5) is 7.58. The summed E-state index contributed by atoms with van der Waals surface area (Å²) in [5.41, 5.74) is 1.75. The monoisotopic (exact) mass is 514 g/mol. The van der Waals surface area contributed by atoms with Crippen LogP contribution < -0.4 is 10.6 Å². The van der Waals surface area contributed by atoms with E-state index in [1.54, 1.807) is 7.11 Å². The van der Waals surface area contributed by atoms with Gasteiger partial charge in [-0.05, 0) is 63.1 Å². The number of aliphatic imine (C=N–C) groups is 1. The van der Waals surface area contributed by atoms with E-state index in [4.69, 9.17) is 9.73 Å². The lowest BCUT2D eigenvalue weighted by molar-refractivity contribution is 0.0778. The molecule has 5 nitrogen and oxygen atoms in total. The van der Waals surface area contributed by atoms with E-state index in [0.29, 0.717) is 11.5 Å². The molecule has 0 spiro atoms. The standard InChI is InChI=1S/C23H38N4O.HI/c1-3-24-22(26-19-23(12-9-13-23)14-17-28-2)25-18-21(27-15-7-8-16-27)20-10-5-4-6-11-20;/h4-6,10-11,21H,3,7-9,12-19H2,1-2H3,(H2,24,25,26);1H. The molecule has 1 aliphatic heterocycles. The molecule has 1 aromatic rings. The van der Waals surface area contributed by atoms with Crippen molar-refractivity contribution in [3.63, 3.8) is 0 Å². The Morgan fingerprint density at radius 1 is 1.14 bits per heavy atom. The van der Waals surface area contributed by atoms with E-state index < -0.39 is 0 Å². The van der Waals surface area contributed by atoms with Crippen molar-refractivity contribution in [1.29, 1.82) is 0 Å². The molecule has 1 aromatic carbocycles. The van der Waals surface area contributed by atoms with Crippen molar-refractivity contribution < 1.29 is 4.74 Å². The van der Waals surface area contributed by atoms with E-state index in [9.17, 15) is 0 Å². The van der Waals surface area contributed by atoms with Crippen LogP contribution in [0.5, 0.6) is 0 Å². The van der Waals surface area contributed by atoms with Crippen molar-refractivity contribution >= 4 is 29.9 Å². The van der Waals surface area contributed by atoms with Gasteiger partial charge in [0.05, 0.1) is 6.04 Å². The molecule has 2 aliphatic rings. The fourth-order valence-electron chi connectivity index (χ4n) is 4.45. The lowest BCUT2D eigenvalue weighted by Gasteiger charge is -2.41. The topological polar surface area (TPSA) is 48.9 Å². The molecule has 164 valence electrons. The fourth-order valence-corrected chi connectivity index (χ4v) is 4.45. The highest BCUT2D eigenvalue weighted by molar-refractivity contribution is 14.0. The summed E-state index contributed by atoms with van der Waals surface area (Å²) in [6, 6.07) is 11.3. The average Bonchev–Trinajstić information content (AvgIpc) is 3.22. The molecule has 0 radical (unpaired) electrons. The van der Waals surface area contributed by atoms with Gasteiger partial charge < -0.3 is 15.4 Å². The first kappa shape index (κ1) is 24.4. The number of guanidine groups is 1. The molecule has 2 fully saturated rings. The molecule has 1 aliphatic carbocycles. The van der Waals surface area contributed by atoms with Crippen molar-refractivity contribution in [1.82, 2.24) is 15.5 Å². The summed E-state index contributed by atoms with van der Waals surface area (Å²) in [5, 5.41) is 7.08. The highest BCUT2D eigenvalue weighted by atomic mass is 127. The van der Waals surface area contributed by atoms with Crippen LogP contribution in [0, 0.1) is 5.41 Å². The Bertz CT molecular complexity index is 600. The number of likely N-dealkylation sites (tertiary alicyclic amines) is 1. The molecule has 1 heterocycles. The number of benzene rings is 1. The molecular weight excluding hydrogens is 475 g/mol. The maximum Gasteiger partial charge on any atom is 0.191 e. The van der Waals surface area contributed by atoms with Crippen molar-refractivity contribution in [2.75, 3.05) is 46.4 Å². The molecule has 1 saturated carbocycles. The molecule has 1 unspecified atom stereocenters. The van der Waals surface area contributed by atoms with Gasteiger partial charge in [-0.25, -0.2) is 0 Å². The number of rotatable bonds is 10. The van der Waals surface area contributed by atoms with E-state index >= 15 is 0 Å². The van der Waals surface area contributed by atoms with Crippen LogP contribution in [0.15, 0.2) is 35.3 Å². The Labute approximate surface area is 194 Å². The van der Waals surface area contributed by atoms with E-state index in [2.05, 4.69) is 52.8 Å². The quantitative estimate of drug-likeness (QED) is 0.279. The summed E-state index contributed by atoms with van der Waals surface area (Å²) < 4.78 is 5.33. The third kappa shape index (κ3) is 7.10. The number of ether oxygens (including phenoxy) is 1. The second-order valence-electron chi connectivity index (χ2n) is 8.34. The lowest BCUT2D eigenvalue weighted by atomic mass is 9.67. The van der Waals surface area contributed by atoms with Crippen molar-refractivity contribution in [2.24, 2.45) is 10.4 Å². The Morgan fingerprint density at radius 3 is 2.45 bits per heavy atom. The SMILES string of the molecule is CCNC(=NCC1(CCOC)CCC1)NCC(c1ccccc1)N1CCCC1.I. The van der Waals surface area contributed by atoms with Crippen LogP contribution in [0.3, 0.4) is 0 Å². The first-order chi connectivity index (χ1) is 13.8. The van der Waals surface area contributed by atoms with Crippen LogP contribution in [-0.2, 0) is 4.74 Å². The Balaban J connectivity index is 0.00000300. The zero-order chi connectivity index (χ0) is 19.7. The van der Waals surface area contributed by atoms with Crippen LogP contribution in [-0.4, -0.2) is 57.3 Å². The molecule has 2 N–H and O–H groups in total. The first-order valence-electron chi connectivity index (χ1n) is 11.1. The maximum atomic E-state index is 5.33.